The van der Waals surface area contributed by atoms with E-state index in [0.29, 0.717) is 6.61 Å². The van der Waals surface area contributed by atoms with Crippen LogP contribution in [0.25, 0.3) is 0 Å². The van der Waals surface area contributed by atoms with Crippen LogP contribution in [-0.4, -0.2) is 30.8 Å². The van der Waals surface area contributed by atoms with Gasteiger partial charge in [-0.05, 0) is 19.8 Å². The van der Waals surface area contributed by atoms with Gasteiger partial charge in [0.1, 0.15) is 0 Å². The molecule has 0 aliphatic heterocycles. The zero-order valence-electron chi connectivity index (χ0n) is 11.4. The van der Waals surface area contributed by atoms with Gasteiger partial charge < -0.3 is 10.1 Å². The molecule has 0 saturated carbocycles. The molecule has 0 aromatic carbocycles. The number of hydrogen-bond donors (Lipinski definition) is 1. The third-order valence-electron chi connectivity index (χ3n) is 2.04. The van der Waals surface area contributed by atoms with Crippen molar-refractivity contribution in [1.82, 2.24) is 5.32 Å². The zero-order chi connectivity index (χ0) is 14.1. The van der Waals surface area contributed by atoms with E-state index >= 15 is 0 Å². The van der Waals surface area contributed by atoms with Crippen LogP contribution < -0.4 is 5.32 Å². The molecule has 1 N–H and O–H groups in total. The Bertz CT molecular complexity index is 345. The number of esters is 1. The van der Waals surface area contributed by atoms with Crippen molar-refractivity contribution in [2.45, 2.75) is 34.1 Å². The number of amides is 1. The summed E-state index contributed by atoms with van der Waals surface area (Å²) in [6.45, 7) is 7.32. The Morgan fingerprint density at radius 3 is 2.33 bits per heavy atom. The summed E-state index contributed by atoms with van der Waals surface area (Å²) in [5.74, 6) is -0.979. The van der Waals surface area contributed by atoms with Gasteiger partial charge in [-0.3, -0.25) is 14.4 Å². The van der Waals surface area contributed by atoms with Crippen LogP contribution >= 0.6 is 0 Å². The van der Waals surface area contributed by atoms with Gasteiger partial charge in [0, 0.05) is 6.54 Å². The molecule has 0 rings (SSSR count). The number of carbonyl (C=O) groups is 3. The molecule has 0 saturated heterocycles. The summed E-state index contributed by atoms with van der Waals surface area (Å²) in [5.41, 5.74) is 0.133. The van der Waals surface area contributed by atoms with Crippen molar-refractivity contribution in [1.29, 1.82) is 0 Å². The zero-order valence-corrected chi connectivity index (χ0v) is 11.4. The summed E-state index contributed by atoms with van der Waals surface area (Å²) in [6.07, 6.45) is 1.72. The number of ketones is 1. The van der Waals surface area contributed by atoms with Crippen LogP contribution in [0.1, 0.15) is 34.1 Å². The van der Waals surface area contributed by atoms with E-state index in [-0.39, 0.29) is 36.2 Å². The molecule has 18 heavy (non-hydrogen) atoms. The van der Waals surface area contributed by atoms with E-state index in [2.05, 4.69) is 5.32 Å². The highest BCUT2D eigenvalue weighted by molar-refractivity contribution is 6.18. The average molecular weight is 255 g/mol. The summed E-state index contributed by atoms with van der Waals surface area (Å²) < 4.78 is 4.72. The minimum atomic E-state index is -0.444. The molecule has 5 nitrogen and oxygen atoms in total. The molecule has 0 atom stereocenters. The SMILES string of the molecule is CCOC(=O)CCNC(=O)/C(=C/C(C)C)C(C)=O. The summed E-state index contributed by atoms with van der Waals surface area (Å²) in [7, 11) is 0. The highest BCUT2D eigenvalue weighted by Gasteiger charge is 2.14. The van der Waals surface area contributed by atoms with E-state index in [1.54, 1.807) is 13.0 Å². The molecule has 0 heterocycles. The standard InChI is InChI=1S/C13H21NO4/c1-5-18-12(16)6-7-14-13(17)11(10(4)15)8-9(2)3/h8-9H,5-7H2,1-4H3,(H,14,17)/b11-8+. The Labute approximate surface area is 108 Å². The summed E-state index contributed by atoms with van der Waals surface area (Å²) in [6, 6.07) is 0. The number of nitrogens with one attached hydrogen (secondary N) is 1. The Balaban J connectivity index is 4.29. The number of hydrogen-bond acceptors (Lipinski definition) is 4. The van der Waals surface area contributed by atoms with Crippen LogP contribution in [0.4, 0.5) is 0 Å². The predicted octanol–water partition coefficient (Wildman–Crippen LogP) is 1.23. The lowest BCUT2D eigenvalue weighted by Gasteiger charge is -2.07. The van der Waals surface area contributed by atoms with E-state index in [0.717, 1.165) is 0 Å². The first-order valence-corrected chi connectivity index (χ1v) is 6.05. The minimum Gasteiger partial charge on any atom is -0.466 e. The van der Waals surface area contributed by atoms with Gasteiger partial charge in [0.15, 0.2) is 5.78 Å². The lowest BCUT2D eigenvalue weighted by Crippen LogP contribution is -2.30. The second-order valence-electron chi connectivity index (χ2n) is 4.19. The molecular weight excluding hydrogens is 234 g/mol. The lowest BCUT2D eigenvalue weighted by atomic mass is 10.1. The van der Waals surface area contributed by atoms with Crippen molar-refractivity contribution in [2.24, 2.45) is 5.92 Å². The monoisotopic (exact) mass is 255 g/mol. The highest BCUT2D eigenvalue weighted by Crippen LogP contribution is 2.04. The third-order valence-corrected chi connectivity index (χ3v) is 2.04. The fourth-order valence-electron chi connectivity index (χ4n) is 1.29. The number of carbonyl (C=O) groups excluding carboxylic acids is 3. The molecule has 5 heteroatoms. The van der Waals surface area contributed by atoms with Gasteiger partial charge in [0.05, 0.1) is 18.6 Å². The van der Waals surface area contributed by atoms with Crippen molar-refractivity contribution in [3.05, 3.63) is 11.6 Å². The van der Waals surface area contributed by atoms with Crippen molar-refractivity contribution in [3.8, 4) is 0 Å². The van der Waals surface area contributed by atoms with Crippen molar-refractivity contribution in [2.75, 3.05) is 13.2 Å². The van der Waals surface area contributed by atoms with Gasteiger partial charge in [-0.25, -0.2) is 0 Å². The molecule has 0 spiro atoms. The first-order valence-electron chi connectivity index (χ1n) is 6.05. The molecule has 0 aliphatic carbocycles. The van der Waals surface area contributed by atoms with Gasteiger partial charge >= 0.3 is 5.97 Å². The summed E-state index contributed by atoms with van der Waals surface area (Å²) in [5, 5.41) is 2.53. The lowest BCUT2D eigenvalue weighted by molar-refractivity contribution is -0.142. The van der Waals surface area contributed by atoms with Crippen LogP contribution in [0, 0.1) is 5.92 Å². The Morgan fingerprint density at radius 2 is 1.89 bits per heavy atom. The van der Waals surface area contributed by atoms with Crippen LogP contribution in [0.15, 0.2) is 11.6 Å². The largest absolute Gasteiger partial charge is 0.466 e. The van der Waals surface area contributed by atoms with Crippen LogP contribution in [-0.2, 0) is 19.1 Å². The Hall–Kier alpha value is -1.65. The number of Topliss-reactive ketones (excluding diaryl/α,β-unsaturated/α-hetero) is 1. The van der Waals surface area contributed by atoms with Crippen molar-refractivity contribution >= 4 is 17.7 Å². The Kier molecular flexibility index (Phi) is 7.67. The van der Waals surface area contributed by atoms with E-state index in [9.17, 15) is 14.4 Å². The fraction of sp³-hybridized carbons (Fsp3) is 0.615. The smallest absolute Gasteiger partial charge is 0.307 e. The molecule has 0 aliphatic rings. The first kappa shape index (κ1) is 16.4. The van der Waals surface area contributed by atoms with Gasteiger partial charge in [0.25, 0.3) is 5.91 Å². The van der Waals surface area contributed by atoms with E-state index < -0.39 is 5.91 Å². The molecule has 0 bridgehead atoms. The molecule has 102 valence electrons. The average Bonchev–Trinajstić information content (AvgIpc) is 2.25. The van der Waals surface area contributed by atoms with Gasteiger partial charge in [-0.1, -0.05) is 19.9 Å². The van der Waals surface area contributed by atoms with Crippen LogP contribution in [0.3, 0.4) is 0 Å². The quantitative estimate of drug-likeness (QED) is 0.321. The maximum absolute atomic E-state index is 11.7. The van der Waals surface area contributed by atoms with Gasteiger partial charge in [0.2, 0.25) is 0 Å². The summed E-state index contributed by atoms with van der Waals surface area (Å²) in [4.78, 5) is 34.1. The van der Waals surface area contributed by atoms with Crippen LogP contribution in [0.5, 0.6) is 0 Å². The molecule has 0 aromatic rings. The van der Waals surface area contributed by atoms with Crippen molar-refractivity contribution < 1.29 is 19.1 Å². The Morgan fingerprint density at radius 1 is 1.28 bits per heavy atom. The predicted molar refractivity (Wildman–Crippen MR) is 67.9 cm³/mol. The summed E-state index contributed by atoms with van der Waals surface area (Å²) >= 11 is 0. The number of ether oxygens (including phenoxy) is 1. The highest BCUT2D eigenvalue weighted by atomic mass is 16.5. The first-order chi connectivity index (χ1) is 8.38. The van der Waals surface area contributed by atoms with Crippen molar-refractivity contribution in [3.63, 3.8) is 0 Å². The molecule has 0 radical (unpaired) electrons. The van der Waals surface area contributed by atoms with Gasteiger partial charge in [-0.2, -0.15) is 0 Å². The van der Waals surface area contributed by atoms with Gasteiger partial charge in [-0.15, -0.1) is 0 Å². The molecule has 0 unspecified atom stereocenters. The maximum Gasteiger partial charge on any atom is 0.307 e. The topological polar surface area (TPSA) is 72.5 Å². The number of rotatable bonds is 7. The van der Waals surface area contributed by atoms with E-state index in [1.807, 2.05) is 13.8 Å². The normalized spacial score (nSPS) is 11.3. The fourth-order valence-corrected chi connectivity index (χ4v) is 1.29. The maximum atomic E-state index is 11.7. The third kappa shape index (κ3) is 6.83. The van der Waals surface area contributed by atoms with E-state index in [4.69, 9.17) is 4.74 Å². The van der Waals surface area contributed by atoms with E-state index in [1.165, 1.54) is 6.92 Å². The molecule has 0 aromatic heterocycles. The molecule has 1 amide bonds. The second kappa shape index (κ2) is 8.44. The minimum absolute atomic E-state index is 0.104. The molecular formula is C13H21NO4. The molecule has 0 fully saturated rings. The van der Waals surface area contributed by atoms with Crippen LogP contribution in [0.2, 0.25) is 0 Å². The number of allylic oxidation sites excluding steroid dienone is 1. The second-order valence-corrected chi connectivity index (χ2v) is 4.19.